The zero-order valence-corrected chi connectivity index (χ0v) is 8.55. The molecule has 88 valence electrons. The van der Waals surface area contributed by atoms with Crippen molar-refractivity contribution in [2.24, 2.45) is 0 Å². The van der Waals surface area contributed by atoms with Crippen molar-refractivity contribution < 1.29 is 24.8 Å². The van der Waals surface area contributed by atoms with E-state index in [-0.39, 0.29) is 22.6 Å². The van der Waals surface area contributed by atoms with Crippen LogP contribution in [0, 0.1) is 5.82 Å². The lowest BCUT2D eigenvalue weighted by atomic mass is 10.0. The normalized spacial score (nSPS) is 10.4. The second-order valence-corrected chi connectivity index (χ2v) is 3.50. The first-order valence-corrected chi connectivity index (χ1v) is 4.73. The van der Waals surface area contributed by atoms with Crippen LogP contribution in [0.3, 0.4) is 0 Å². The molecule has 4 N–H and O–H groups in total. The molecule has 2 aromatic rings. The summed E-state index contributed by atoms with van der Waals surface area (Å²) in [6.45, 7) is 0. The Morgan fingerprint density at radius 2 is 1.41 bits per heavy atom. The van der Waals surface area contributed by atoms with Crippen molar-refractivity contribution in [1.82, 2.24) is 0 Å². The Kier molecular flexibility index (Phi) is 2.51. The first kappa shape index (κ1) is 11.1. The van der Waals surface area contributed by atoms with E-state index in [9.17, 15) is 14.6 Å². The Labute approximate surface area is 95.8 Å². The highest BCUT2D eigenvalue weighted by Crippen LogP contribution is 2.39. The molecule has 0 aromatic heterocycles. The van der Waals surface area contributed by atoms with Crippen LogP contribution in [-0.2, 0) is 0 Å². The van der Waals surface area contributed by atoms with Crippen LogP contribution in [0.5, 0.6) is 23.0 Å². The standard InChI is InChI=1S/C12H9FO4/c13-11-8(3-4-9(15)12(11)17)7-2-1-6(14)5-10(7)16/h1-5,14-17H. The molecule has 0 aliphatic rings. The lowest BCUT2D eigenvalue weighted by molar-refractivity contribution is 0.379. The highest BCUT2D eigenvalue weighted by atomic mass is 19.1. The number of phenols is 4. The summed E-state index contributed by atoms with van der Waals surface area (Å²) in [7, 11) is 0. The van der Waals surface area contributed by atoms with Crippen LogP contribution in [0.4, 0.5) is 4.39 Å². The third-order valence-electron chi connectivity index (χ3n) is 2.37. The van der Waals surface area contributed by atoms with E-state index < -0.39 is 17.3 Å². The number of hydrogen-bond donors (Lipinski definition) is 4. The van der Waals surface area contributed by atoms with E-state index in [0.717, 1.165) is 12.1 Å². The maximum absolute atomic E-state index is 13.6. The molecule has 0 amide bonds. The van der Waals surface area contributed by atoms with Gasteiger partial charge in [-0.2, -0.15) is 0 Å². The minimum atomic E-state index is -1.04. The van der Waals surface area contributed by atoms with Gasteiger partial charge < -0.3 is 20.4 Å². The van der Waals surface area contributed by atoms with Crippen LogP contribution in [0.2, 0.25) is 0 Å². The summed E-state index contributed by atoms with van der Waals surface area (Å²) in [5, 5.41) is 37.0. The summed E-state index contributed by atoms with van der Waals surface area (Å²) in [6.07, 6.45) is 0. The molecule has 0 spiro atoms. The number of rotatable bonds is 1. The van der Waals surface area contributed by atoms with Crippen molar-refractivity contribution in [2.75, 3.05) is 0 Å². The summed E-state index contributed by atoms with van der Waals surface area (Å²) in [5.41, 5.74) is 0.0356. The van der Waals surface area contributed by atoms with Gasteiger partial charge in [0.2, 0.25) is 0 Å². The van der Waals surface area contributed by atoms with Gasteiger partial charge in [0, 0.05) is 17.2 Å². The molecule has 0 heterocycles. The Morgan fingerprint density at radius 3 is 2.06 bits per heavy atom. The average Bonchev–Trinajstić information content (AvgIpc) is 2.28. The third-order valence-corrected chi connectivity index (χ3v) is 2.37. The van der Waals surface area contributed by atoms with Crippen LogP contribution in [0.15, 0.2) is 30.3 Å². The highest BCUT2D eigenvalue weighted by molar-refractivity contribution is 5.73. The summed E-state index contributed by atoms with van der Waals surface area (Å²) >= 11 is 0. The van der Waals surface area contributed by atoms with E-state index in [1.807, 2.05) is 0 Å². The second kappa shape index (κ2) is 3.86. The Hall–Kier alpha value is -2.43. The van der Waals surface area contributed by atoms with E-state index in [0.29, 0.717) is 0 Å². The molecular formula is C12H9FO4. The monoisotopic (exact) mass is 236 g/mol. The highest BCUT2D eigenvalue weighted by Gasteiger charge is 2.16. The first-order chi connectivity index (χ1) is 8.00. The van der Waals surface area contributed by atoms with Crippen LogP contribution in [0.1, 0.15) is 0 Å². The van der Waals surface area contributed by atoms with E-state index in [4.69, 9.17) is 10.2 Å². The largest absolute Gasteiger partial charge is 0.508 e. The number of phenolic OH excluding ortho intramolecular Hbond substituents is 4. The molecule has 0 aliphatic carbocycles. The first-order valence-electron chi connectivity index (χ1n) is 4.73. The van der Waals surface area contributed by atoms with Gasteiger partial charge in [-0.3, -0.25) is 0 Å². The van der Waals surface area contributed by atoms with Gasteiger partial charge in [0.05, 0.1) is 0 Å². The van der Waals surface area contributed by atoms with Crippen molar-refractivity contribution in [3.8, 4) is 34.1 Å². The molecular weight excluding hydrogens is 227 g/mol. The number of hydrogen-bond acceptors (Lipinski definition) is 4. The number of halogens is 1. The molecule has 17 heavy (non-hydrogen) atoms. The van der Waals surface area contributed by atoms with Gasteiger partial charge in [-0.15, -0.1) is 0 Å². The van der Waals surface area contributed by atoms with Crippen LogP contribution >= 0.6 is 0 Å². The van der Waals surface area contributed by atoms with Gasteiger partial charge in [0.15, 0.2) is 17.3 Å². The summed E-state index contributed by atoms with van der Waals surface area (Å²) in [6, 6.07) is 5.97. The predicted molar refractivity (Wildman–Crippen MR) is 58.5 cm³/mol. The fraction of sp³-hybridized carbons (Fsp3) is 0. The second-order valence-electron chi connectivity index (χ2n) is 3.50. The molecule has 0 unspecified atom stereocenters. The van der Waals surface area contributed by atoms with Gasteiger partial charge in [-0.1, -0.05) is 0 Å². The summed E-state index contributed by atoms with van der Waals surface area (Å²) < 4.78 is 13.6. The molecule has 0 fully saturated rings. The Bertz CT molecular complexity index is 581. The van der Waals surface area contributed by atoms with Gasteiger partial charge in [-0.25, -0.2) is 4.39 Å². The lowest BCUT2D eigenvalue weighted by Crippen LogP contribution is -1.86. The molecule has 0 saturated carbocycles. The molecule has 0 bridgehead atoms. The molecule has 0 saturated heterocycles. The van der Waals surface area contributed by atoms with E-state index in [1.165, 1.54) is 18.2 Å². The molecule has 4 nitrogen and oxygen atoms in total. The Morgan fingerprint density at radius 1 is 0.765 bits per heavy atom. The predicted octanol–water partition coefficient (Wildman–Crippen LogP) is 2.32. The third kappa shape index (κ3) is 1.82. The average molecular weight is 236 g/mol. The summed E-state index contributed by atoms with van der Waals surface area (Å²) in [5.74, 6) is -2.98. The minimum absolute atomic E-state index is 0.0715. The van der Waals surface area contributed by atoms with Crippen molar-refractivity contribution in [1.29, 1.82) is 0 Å². The van der Waals surface area contributed by atoms with E-state index in [1.54, 1.807) is 0 Å². The molecule has 0 atom stereocenters. The minimum Gasteiger partial charge on any atom is -0.508 e. The molecule has 5 heteroatoms. The zero-order chi connectivity index (χ0) is 12.6. The lowest BCUT2D eigenvalue weighted by Gasteiger charge is -2.08. The van der Waals surface area contributed by atoms with Gasteiger partial charge in [0.25, 0.3) is 0 Å². The van der Waals surface area contributed by atoms with E-state index in [2.05, 4.69) is 0 Å². The van der Waals surface area contributed by atoms with Crippen LogP contribution < -0.4 is 0 Å². The van der Waals surface area contributed by atoms with Crippen molar-refractivity contribution in [3.05, 3.63) is 36.1 Å². The van der Waals surface area contributed by atoms with Gasteiger partial charge >= 0.3 is 0 Å². The van der Waals surface area contributed by atoms with E-state index >= 15 is 0 Å². The van der Waals surface area contributed by atoms with Crippen molar-refractivity contribution >= 4 is 0 Å². The van der Waals surface area contributed by atoms with Crippen LogP contribution in [-0.4, -0.2) is 20.4 Å². The molecule has 2 aromatic carbocycles. The molecule has 2 rings (SSSR count). The SMILES string of the molecule is Oc1ccc(-c2ccc(O)c(O)c2F)c(O)c1. The molecule has 0 aliphatic heterocycles. The fourth-order valence-corrected chi connectivity index (χ4v) is 1.51. The Balaban J connectivity index is 2.65. The fourth-order valence-electron chi connectivity index (χ4n) is 1.51. The topological polar surface area (TPSA) is 80.9 Å². The zero-order valence-electron chi connectivity index (χ0n) is 8.55. The van der Waals surface area contributed by atoms with Crippen LogP contribution in [0.25, 0.3) is 11.1 Å². The summed E-state index contributed by atoms with van der Waals surface area (Å²) in [4.78, 5) is 0. The van der Waals surface area contributed by atoms with Gasteiger partial charge in [-0.05, 0) is 24.3 Å². The quantitative estimate of drug-likeness (QED) is 0.573. The maximum atomic E-state index is 13.6. The number of benzene rings is 2. The maximum Gasteiger partial charge on any atom is 0.194 e. The number of aromatic hydroxyl groups is 4. The smallest absolute Gasteiger partial charge is 0.194 e. The van der Waals surface area contributed by atoms with Crippen molar-refractivity contribution in [2.45, 2.75) is 0 Å². The van der Waals surface area contributed by atoms with Gasteiger partial charge in [0.1, 0.15) is 11.5 Å². The van der Waals surface area contributed by atoms with Crippen molar-refractivity contribution in [3.63, 3.8) is 0 Å². The molecule has 0 radical (unpaired) electrons.